The standard InChI is InChI=1S/C19H17BrClFN4O2S/c1-11(28-16-8-5-13(22)9-15(16)21)18-24-25-19(26(18)2)29-10-17(27)23-14-6-3-12(20)4-7-14/h3-9,11H,10H2,1-2H3,(H,23,27). The van der Waals surface area contributed by atoms with E-state index in [1.54, 1.807) is 18.5 Å². The molecule has 0 saturated heterocycles. The van der Waals surface area contributed by atoms with E-state index in [0.717, 1.165) is 10.2 Å². The summed E-state index contributed by atoms with van der Waals surface area (Å²) >= 11 is 10.6. The van der Waals surface area contributed by atoms with Gasteiger partial charge < -0.3 is 14.6 Å². The summed E-state index contributed by atoms with van der Waals surface area (Å²) in [6.07, 6.45) is -0.471. The van der Waals surface area contributed by atoms with Crippen molar-refractivity contribution in [1.82, 2.24) is 14.8 Å². The van der Waals surface area contributed by atoms with E-state index in [-0.39, 0.29) is 16.7 Å². The molecule has 1 amide bonds. The number of nitrogens with zero attached hydrogens (tertiary/aromatic N) is 3. The molecule has 10 heteroatoms. The monoisotopic (exact) mass is 498 g/mol. The Bertz CT molecular complexity index is 1020. The second-order valence-corrected chi connectivity index (χ2v) is 8.34. The highest BCUT2D eigenvalue weighted by molar-refractivity contribution is 9.10. The maximum absolute atomic E-state index is 13.2. The summed E-state index contributed by atoms with van der Waals surface area (Å²) in [6.45, 7) is 1.79. The van der Waals surface area contributed by atoms with E-state index in [2.05, 4.69) is 31.4 Å². The van der Waals surface area contributed by atoms with E-state index in [4.69, 9.17) is 16.3 Å². The van der Waals surface area contributed by atoms with Gasteiger partial charge in [-0.25, -0.2) is 4.39 Å². The van der Waals surface area contributed by atoms with Gasteiger partial charge in [0.15, 0.2) is 17.1 Å². The average molecular weight is 500 g/mol. The van der Waals surface area contributed by atoms with Crippen LogP contribution in [-0.2, 0) is 11.8 Å². The number of hydrogen-bond acceptors (Lipinski definition) is 5. The molecule has 0 aliphatic heterocycles. The average Bonchev–Trinajstić information content (AvgIpc) is 3.05. The van der Waals surface area contributed by atoms with Crippen molar-refractivity contribution in [3.8, 4) is 5.75 Å². The van der Waals surface area contributed by atoms with Crippen molar-refractivity contribution in [2.75, 3.05) is 11.1 Å². The van der Waals surface area contributed by atoms with Crippen molar-refractivity contribution in [2.45, 2.75) is 18.2 Å². The van der Waals surface area contributed by atoms with Crippen LogP contribution in [-0.4, -0.2) is 26.4 Å². The third-order valence-corrected chi connectivity index (χ3v) is 5.73. The minimum Gasteiger partial charge on any atom is -0.481 e. The molecule has 1 atom stereocenters. The molecule has 0 aliphatic rings. The summed E-state index contributed by atoms with van der Waals surface area (Å²) in [4.78, 5) is 12.2. The van der Waals surface area contributed by atoms with Gasteiger partial charge in [-0.3, -0.25) is 4.79 Å². The highest BCUT2D eigenvalue weighted by Gasteiger charge is 2.19. The van der Waals surface area contributed by atoms with Gasteiger partial charge in [-0.1, -0.05) is 39.3 Å². The Kier molecular flexibility index (Phi) is 7.15. The molecular formula is C19H17BrClFN4O2S. The largest absolute Gasteiger partial charge is 0.481 e. The highest BCUT2D eigenvalue weighted by atomic mass is 79.9. The van der Waals surface area contributed by atoms with Crippen LogP contribution in [0.2, 0.25) is 5.02 Å². The lowest BCUT2D eigenvalue weighted by molar-refractivity contribution is -0.113. The molecule has 2 aromatic carbocycles. The molecule has 3 rings (SSSR count). The Morgan fingerprint density at radius 3 is 2.72 bits per heavy atom. The van der Waals surface area contributed by atoms with Crippen molar-refractivity contribution in [3.05, 3.63) is 63.6 Å². The molecular weight excluding hydrogens is 483 g/mol. The number of anilines is 1. The van der Waals surface area contributed by atoms with E-state index in [1.165, 1.54) is 30.0 Å². The highest BCUT2D eigenvalue weighted by Crippen LogP contribution is 2.30. The normalized spacial score (nSPS) is 11.9. The zero-order valence-corrected chi connectivity index (χ0v) is 18.7. The molecule has 0 radical (unpaired) electrons. The zero-order chi connectivity index (χ0) is 21.0. The summed E-state index contributed by atoms with van der Waals surface area (Å²) in [5.74, 6) is 0.507. The number of carbonyl (C=O) groups is 1. The second-order valence-electron chi connectivity index (χ2n) is 6.08. The molecule has 29 heavy (non-hydrogen) atoms. The number of aromatic nitrogens is 3. The van der Waals surface area contributed by atoms with Crippen LogP contribution in [0, 0.1) is 5.82 Å². The van der Waals surface area contributed by atoms with Crippen molar-refractivity contribution in [3.63, 3.8) is 0 Å². The molecule has 1 heterocycles. The first kappa shape index (κ1) is 21.6. The van der Waals surface area contributed by atoms with Crippen LogP contribution in [0.25, 0.3) is 0 Å². The molecule has 0 aliphatic carbocycles. The first-order valence-electron chi connectivity index (χ1n) is 8.52. The van der Waals surface area contributed by atoms with Gasteiger partial charge in [0.2, 0.25) is 5.91 Å². The van der Waals surface area contributed by atoms with Crippen molar-refractivity contribution >= 4 is 50.9 Å². The minimum atomic E-state index is -0.471. The summed E-state index contributed by atoms with van der Waals surface area (Å²) in [5.41, 5.74) is 0.718. The van der Waals surface area contributed by atoms with Crippen molar-refractivity contribution < 1.29 is 13.9 Å². The number of rotatable bonds is 7. The maximum atomic E-state index is 13.2. The summed E-state index contributed by atoms with van der Waals surface area (Å²) in [5, 5.41) is 11.8. The third kappa shape index (κ3) is 5.71. The smallest absolute Gasteiger partial charge is 0.234 e. The Morgan fingerprint density at radius 2 is 2.03 bits per heavy atom. The quantitative estimate of drug-likeness (QED) is 0.450. The van der Waals surface area contributed by atoms with Gasteiger partial charge in [0.1, 0.15) is 11.6 Å². The van der Waals surface area contributed by atoms with Gasteiger partial charge in [-0.05, 0) is 49.4 Å². The number of carbonyl (C=O) groups excluding carboxylic acids is 1. The number of nitrogens with one attached hydrogen (secondary N) is 1. The zero-order valence-electron chi connectivity index (χ0n) is 15.5. The Labute approximate surface area is 184 Å². The number of hydrogen-bond donors (Lipinski definition) is 1. The molecule has 0 saturated carbocycles. The Hall–Kier alpha value is -2.10. The van der Waals surface area contributed by atoms with Gasteiger partial charge in [-0.15, -0.1) is 10.2 Å². The number of benzene rings is 2. The third-order valence-electron chi connectivity index (χ3n) is 3.89. The molecule has 1 unspecified atom stereocenters. The number of amides is 1. The van der Waals surface area contributed by atoms with Gasteiger partial charge in [0.05, 0.1) is 10.8 Å². The van der Waals surface area contributed by atoms with Crippen molar-refractivity contribution in [1.29, 1.82) is 0 Å². The molecule has 0 bridgehead atoms. The summed E-state index contributed by atoms with van der Waals surface area (Å²) in [6, 6.07) is 11.3. The lowest BCUT2D eigenvalue weighted by atomic mass is 10.3. The number of thioether (sulfide) groups is 1. The predicted molar refractivity (Wildman–Crippen MR) is 115 cm³/mol. The fourth-order valence-corrected chi connectivity index (χ4v) is 3.67. The predicted octanol–water partition coefficient (Wildman–Crippen LogP) is 5.24. The van der Waals surface area contributed by atoms with E-state index in [1.807, 2.05) is 24.3 Å². The maximum Gasteiger partial charge on any atom is 0.234 e. The fraction of sp³-hybridized carbons (Fsp3) is 0.211. The molecule has 1 aromatic heterocycles. The van der Waals surface area contributed by atoms with Crippen LogP contribution in [0.4, 0.5) is 10.1 Å². The SMILES string of the molecule is CC(Oc1ccc(F)cc1Cl)c1nnc(SCC(=O)Nc2ccc(Br)cc2)n1C. The van der Waals surface area contributed by atoms with E-state index in [0.29, 0.717) is 16.7 Å². The van der Waals surface area contributed by atoms with Crippen LogP contribution >= 0.6 is 39.3 Å². The lowest BCUT2D eigenvalue weighted by Gasteiger charge is -2.15. The van der Waals surface area contributed by atoms with Gasteiger partial charge in [-0.2, -0.15) is 0 Å². The summed E-state index contributed by atoms with van der Waals surface area (Å²) < 4.78 is 21.6. The molecule has 0 spiro atoms. The van der Waals surface area contributed by atoms with Crippen LogP contribution < -0.4 is 10.1 Å². The molecule has 0 fully saturated rings. The van der Waals surface area contributed by atoms with E-state index in [9.17, 15) is 9.18 Å². The number of halogens is 3. The van der Waals surface area contributed by atoms with Crippen LogP contribution in [0.1, 0.15) is 18.9 Å². The van der Waals surface area contributed by atoms with Gasteiger partial charge >= 0.3 is 0 Å². The molecule has 152 valence electrons. The Morgan fingerprint density at radius 1 is 1.31 bits per heavy atom. The Balaban J connectivity index is 1.59. The first-order valence-corrected chi connectivity index (χ1v) is 10.7. The number of ether oxygens (including phenoxy) is 1. The van der Waals surface area contributed by atoms with Crippen LogP contribution in [0.15, 0.2) is 52.1 Å². The summed E-state index contributed by atoms with van der Waals surface area (Å²) in [7, 11) is 1.79. The van der Waals surface area contributed by atoms with Gasteiger partial charge in [0.25, 0.3) is 0 Å². The fourth-order valence-electron chi connectivity index (χ4n) is 2.48. The van der Waals surface area contributed by atoms with Gasteiger partial charge in [0, 0.05) is 17.2 Å². The first-order chi connectivity index (χ1) is 13.8. The molecule has 3 aromatic rings. The van der Waals surface area contributed by atoms with E-state index < -0.39 is 11.9 Å². The molecule has 6 nitrogen and oxygen atoms in total. The topological polar surface area (TPSA) is 69.0 Å². The van der Waals surface area contributed by atoms with E-state index >= 15 is 0 Å². The van der Waals surface area contributed by atoms with Crippen LogP contribution in [0.5, 0.6) is 5.75 Å². The minimum absolute atomic E-state index is 0.149. The van der Waals surface area contributed by atoms with Crippen molar-refractivity contribution in [2.24, 2.45) is 7.05 Å². The molecule has 1 N–H and O–H groups in total. The second kappa shape index (κ2) is 9.60. The van der Waals surface area contributed by atoms with Crippen LogP contribution in [0.3, 0.4) is 0 Å². The lowest BCUT2D eigenvalue weighted by Crippen LogP contribution is -2.14.